The van der Waals surface area contributed by atoms with Gasteiger partial charge in [-0.05, 0) is 144 Å². The van der Waals surface area contributed by atoms with Gasteiger partial charge in [0.25, 0.3) is 0 Å². The summed E-state index contributed by atoms with van der Waals surface area (Å²) in [6.45, 7) is 20.5. The first-order valence-corrected chi connectivity index (χ1v) is 20.6. The third-order valence-corrected chi connectivity index (χ3v) is 11.1. The number of aryl methyl sites for hydroxylation is 2. The second-order valence-electron chi connectivity index (χ2n) is 17.6. The first-order chi connectivity index (χ1) is 29.4. The highest BCUT2D eigenvalue weighted by molar-refractivity contribution is 5.95. The molecule has 0 aliphatic rings. The second kappa shape index (κ2) is 18.7. The lowest BCUT2D eigenvalue weighted by molar-refractivity contribution is 0.0504. The van der Waals surface area contributed by atoms with Gasteiger partial charge in [0.05, 0.1) is 0 Å². The van der Waals surface area contributed by atoms with Crippen LogP contribution in [-0.4, -0.2) is 60.4 Å². The van der Waals surface area contributed by atoms with E-state index >= 15 is 0 Å². The monoisotopic (exact) mass is 834 g/mol. The number of pyridine rings is 2. The van der Waals surface area contributed by atoms with Crippen molar-refractivity contribution >= 4 is 23.8 Å². The second-order valence-corrected chi connectivity index (χ2v) is 17.6. The average Bonchev–Trinajstić information content (AvgIpc) is 3.24. The fourth-order valence-electron chi connectivity index (χ4n) is 7.42. The van der Waals surface area contributed by atoms with Crippen molar-refractivity contribution in [2.24, 2.45) is 9.98 Å². The summed E-state index contributed by atoms with van der Waals surface area (Å²) < 4.78 is 23.9. The van der Waals surface area contributed by atoms with Gasteiger partial charge >= 0.3 is 0 Å². The van der Waals surface area contributed by atoms with Gasteiger partial charge in [-0.15, -0.1) is 0 Å². The Morgan fingerprint density at radius 1 is 0.532 bits per heavy atom. The van der Waals surface area contributed by atoms with Gasteiger partial charge in [0, 0.05) is 84.8 Å². The Labute approximate surface area is 366 Å². The molecule has 0 unspecified atom stereocenters. The predicted molar refractivity (Wildman–Crippen MR) is 250 cm³/mol. The first kappa shape index (κ1) is 45.2. The van der Waals surface area contributed by atoms with Gasteiger partial charge < -0.3 is 29.2 Å². The zero-order chi connectivity index (χ0) is 44.9. The van der Waals surface area contributed by atoms with Crippen LogP contribution in [0.3, 0.4) is 0 Å². The summed E-state index contributed by atoms with van der Waals surface area (Å²) in [7, 11) is 3.14. The van der Waals surface area contributed by atoms with E-state index in [9.17, 15) is 10.2 Å². The Morgan fingerprint density at radius 3 is 1.21 bits per heavy atom. The van der Waals surface area contributed by atoms with Gasteiger partial charge in [0.1, 0.15) is 22.9 Å². The minimum atomic E-state index is -0.354. The lowest BCUT2D eigenvalue weighted by Crippen LogP contribution is -2.12. The number of phenolic OH excluding ortho intramolecular Hbond substituents is 2. The molecule has 6 aromatic rings. The van der Waals surface area contributed by atoms with E-state index in [1.807, 2.05) is 88.4 Å². The molecule has 10 nitrogen and oxygen atoms in total. The highest BCUT2D eigenvalue weighted by Gasteiger charge is 2.27. The lowest BCUT2D eigenvalue weighted by Gasteiger charge is -2.24. The van der Waals surface area contributed by atoms with Crippen LogP contribution in [0.5, 0.6) is 23.0 Å². The molecule has 2 heterocycles. The quantitative estimate of drug-likeness (QED) is 0.0869. The van der Waals surface area contributed by atoms with E-state index in [2.05, 4.69) is 51.5 Å². The van der Waals surface area contributed by atoms with Gasteiger partial charge in [0.2, 0.25) is 0 Å². The molecule has 0 saturated heterocycles. The normalized spacial score (nSPS) is 12.1. The van der Waals surface area contributed by atoms with Crippen LogP contribution in [0.2, 0.25) is 0 Å². The lowest BCUT2D eigenvalue weighted by atomic mass is 9.83. The Bertz CT molecular complexity index is 2440. The fraction of sp³-hybridized carbons (Fsp3) is 0.308. The standard InChI is InChI=1S/C52H58N4O6/c1-31-21-43(55-27-39-23-37(35-13-17-53-18-14-35)25-41(47(39)57)51(5,6)7)49(61-29-59-11)45(33(31)3)46-34(4)32(2)22-44(50(46)62-30-60-12)56-28-40-24-38(36-15-19-54-20-16-36)26-42(48(40)58)52(8,9)10/h13-28,57-58H,29-30H2,1-12H3. The third-order valence-electron chi connectivity index (χ3n) is 11.1. The van der Waals surface area contributed by atoms with Gasteiger partial charge in [-0.25, -0.2) is 0 Å². The van der Waals surface area contributed by atoms with E-state index in [0.29, 0.717) is 34.0 Å². The highest BCUT2D eigenvalue weighted by atomic mass is 16.7. The number of nitrogens with zero attached hydrogens (tertiary/aromatic N) is 4. The zero-order valence-corrected chi connectivity index (χ0v) is 38.0. The molecule has 0 bridgehead atoms. The summed E-state index contributed by atoms with van der Waals surface area (Å²) in [6.07, 6.45) is 10.4. The van der Waals surface area contributed by atoms with Gasteiger partial charge in [-0.1, -0.05) is 41.5 Å². The van der Waals surface area contributed by atoms with Crippen molar-refractivity contribution in [3.8, 4) is 56.4 Å². The van der Waals surface area contributed by atoms with E-state index in [-0.39, 0.29) is 35.9 Å². The van der Waals surface area contributed by atoms with Crippen molar-refractivity contribution < 1.29 is 29.2 Å². The predicted octanol–water partition coefficient (Wildman–Crippen LogP) is 12.2. The molecule has 0 saturated carbocycles. The molecular formula is C52H58N4O6. The van der Waals surface area contributed by atoms with Crippen LogP contribution in [0.25, 0.3) is 33.4 Å². The van der Waals surface area contributed by atoms with Crippen LogP contribution in [0.15, 0.2) is 95.4 Å². The van der Waals surface area contributed by atoms with Crippen LogP contribution >= 0.6 is 0 Å². The largest absolute Gasteiger partial charge is 0.507 e. The average molecular weight is 835 g/mol. The maximum absolute atomic E-state index is 11.7. The van der Waals surface area contributed by atoms with Crippen molar-refractivity contribution in [1.29, 1.82) is 0 Å². The van der Waals surface area contributed by atoms with E-state index in [4.69, 9.17) is 28.9 Å². The molecule has 0 aliphatic heterocycles. The maximum atomic E-state index is 11.7. The minimum Gasteiger partial charge on any atom is -0.507 e. The molecule has 2 aromatic heterocycles. The Balaban J connectivity index is 1.58. The number of methoxy groups -OCH3 is 2. The number of aromatic hydroxyl groups is 2. The van der Waals surface area contributed by atoms with Crippen molar-refractivity contribution in [2.75, 3.05) is 27.8 Å². The molecule has 62 heavy (non-hydrogen) atoms. The van der Waals surface area contributed by atoms with E-state index < -0.39 is 0 Å². The number of benzene rings is 4. The van der Waals surface area contributed by atoms with Gasteiger partial charge in [-0.3, -0.25) is 20.0 Å². The maximum Gasteiger partial charge on any atom is 0.188 e. The number of ether oxygens (including phenoxy) is 4. The fourth-order valence-corrected chi connectivity index (χ4v) is 7.42. The van der Waals surface area contributed by atoms with Crippen molar-refractivity contribution in [3.05, 3.63) is 130 Å². The van der Waals surface area contributed by atoms with Crippen LogP contribution in [-0.2, 0) is 20.3 Å². The number of phenols is 2. The van der Waals surface area contributed by atoms with Crippen LogP contribution in [0.1, 0.15) is 86.1 Å². The van der Waals surface area contributed by atoms with Crippen LogP contribution < -0.4 is 9.47 Å². The van der Waals surface area contributed by atoms with Crippen molar-refractivity contribution in [1.82, 2.24) is 9.97 Å². The topological polar surface area (TPSA) is 128 Å². The van der Waals surface area contributed by atoms with E-state index in [0.717, 1.165) is 66.8 Å². The van der Waals surface area contributed by atoms with E-state index in [1.165, 1.54) is 0 Å². The van der Waals surface area contributed by atoms with E-state index in [1.54, 1.807) is 51.4 Å². The number of hydrogen-bond acceptors (Lipinski definition) is 10. The summed E-state index contributed by atoms with van der Waals surface area (Å²) in [6, 6.07) is 19.6. The molecule has 0 aliphatic carbocycles. The number of aliphatic imine (C=N–C) groups is 2. The van der Waals surface area contributed by atoms with Gasteiger partial charge in [-0.2, -0.15) is 0 Å². The molecule has 6 rings (SSSR count). The molecule has 2 N–H and O–H groups in total. The summed E-state index contributed by atoms with van der Waals surface area (Å²) in [5.74, 6) is 1.24. The molecule has 0 atom stereocenters. The summed E-state index contributed by atoms with van der Waals surface area (Å²) >= 11 is 0. The molecule has 0 radical (unpaired) electrons. The first-order valence-electron chi connectivity index (χ1n) is 20.6. The zero-order valence-electron chi connectivity index (χ0n) is 38.0. The Morgan fingerprint density at radius 2 is 0.887 bits per heavy atom. The van der Waals surface area contributed by atoms with Crippen molar-refractivity contribution in [2.45, 2.75) is 80.1 Å². The molecule has 322 valence electrons. The SMILES string of the molecule is COCOc1c(N=Cc2cc(-c3ccncc3)cc(C(C)(C)C)c2O)cc(C)c(C)c1-c1c(C)c(C)cc(N=Cc2cc(-c3ccncc3)cc(C(C)(C)C)c2O)c1OCOC. The number of hydrogen-bond donors (Lipinski definition) is 2. The highest BCUT2D eigenvalue weighted by Crippen LogP contribution is 2.51. The number of rotatable bonds is 13. The van der Waals surface area contributed by atoms with Crippen molar-refractivity contribution in [3.63, 3.8) is 0 Å². The third kappa shape index (κ3) is 9.72. The minimum absolute atomic E-state index is 0.0533. The molecular weight excluding hydrogens is 777 g/mol. The smallest absolute Gasteiger partial charge is 0.188 e. The molecule has 0 amide bonds. The molecule has 4 aromatic carbocycles. The summed E-state index contributed by atoms with van der Waals surface area (Å²) in [5, 5.41) is 23.4. The molecule has 0 fully saturated rings. The Kier molecular flexibility index (Phi) is 13.6. The Hall–Kier alpha value is -6.36. The van der Waals surface area contributed by atoms with Gasteiger partial charge in [0.15, 0.2) is 25.1 Å². The van der Waals surface area contributed by atoms with Crippen LogP contribution in [0.4, 0.5) is 11.4 Å². The summed E-state index contributed by atoms with van der Waals surface area (Å²) in [5.41, 5.74) is 12.2. The molecule has 10 heteroatoms. The van der Waals surface area contributed by atoms with Crippen LogP contribution in [0, 0.1) is 27.7 Å². The number of aromatic nitrogens is 2. The summed E-state index contributed by atoms with van der Waals surface area (Å²) in [4.78, 5) is 18.5. The molecule has 0 spiro atoms.